The van der Waals surface area contributed by atoms with Crippen LogP contribution < -0.4 is 10.4 Å². The highest BCUT2D eigenvalue weighted by molar-refractivity contribution is 5.99. The molecular formula is C72H58N2. The molecule has 2 aromatic heterocycles. The molecule has 356 valence electrons. The molecule has 2 nitrogen and oxygen atoms in total. The van der Waals surface area contributed by atoms with Crippen LogP contribution in [0.1, 0.15) is 73.7 Å². The average Bonchev–Trinajstić information content (AvgIpc) is 3.83. The molecule has 2 heterocycles. The van der Waals surface area contributed by atoms with Crippen molar-refractivity contribution in [1.29, 1.82) is 0 Å². The van der Waals surface area contributed by atoms with E-state index in [2.05, 4.69) is 243 Å². The van der Waals surface area contributed by atoms with Crippen LogP contribution in [0.4, 0.5) is 0 Å². The molecule has 0 unspecified atom stereocenters. The summed E-state index contributed by atoms with van der Waals surface area (Å²) in [5.74, 6) is 0. The van der Waals surface area contributed by atoms with Gasteiger partial charge in [-0.25, -0.2) is 4.98 Å². The van der Waals surface area contributed by atoms with Crippen LogP contribution in [-0.4, -0.2) is 9.97 Å². The molecule has 74 heavy (non-hydrogen) atoms. The van der Waals surface area contributed by atoms with Gasteiger partial charge in [-0.2, -0.15) is 0 Å². The molecule has 0 atom stereocenters. The van der Waals surface area contributed by atoms with Crippen LogP contribution in [0, 0.1) is 6.92 Å². The first-order chi connectivity index (χ1) is 35.9. The zero-order valence-electron chi connectivity index (χ0n) is 43.1. The molecular weight excluding hydrogens is 893 g/mol. The minimum absolute atomic E-state index is 0.0533. The second-order valence-corrected chi connectivity index (χ2v) is 21.2. The van der Waals surface area contributed by atoms with Gasteiger partial charge in [0.2, 0.25) is 0 Å². The summed E-state index contributed by atoms with van der Waals surface area (Å²) in [5, 5.41) is 4.53. The number of pyridine rings is 2. The first kappa shape index (κ1) is 46.4. The maximum Gasteiger partial charge on any atom is 0.0780 e. The Morgan fingerprint density at radius 3 is 1.86 bits per heavy atom. The highest BCUT2D eigenvalue weighted by Crippen LogP contribution is 2.51. The van der Waals surface area contributed by atoms with Crippen LogP contribution in [0.25, 0.3) is 107 Å². The highest BCUT2D eigenvalue weighted by atomic mass is 14.7. The van der Waals surface area contributed by atoms with Crippen LogP contribution in [0.15, 0.2) is 220 Å². The molecule has 2 heteroatoms. The molecule has 0 N–H and O–H groups in total. The molecule has 0 aliphatic heterocycles. The van der Waals surface area contributed by atoms with E-state index in [9.17, 15) is 0 Å². The molecule has 0 spiro atoms. The van der Waals surface area contributed by atoms with Crippen molar-refractivity contribution in [2.45, 2.75) is 52.4 Å². The maximum absolute atomic E-state index is 5.23. The third-order valence-electron chi connectivity index (χ3n) is 16.0. The molecule has 12 rings (SSSR count). The van der Waals surface area contributed by atoms with Gasteiger partial charge in [0.25, 0.3) is 0 Å². The number of benzene rings is 8. The summed E-state index contributed by atoms with van der Waals surface area (Å²) in [7, 11) is 0. The molecule has 0 amide bonds. The number of hydrogen-bond donors (Lipinski definition) is 0. The van der Waals surface area contributed by atoms with E-state index in [1.54, 1.807) is 6.08 Å². The Labute approximate surface area is 435 Å². The van der Waals surface area contributed by atoms with E-state index in [-0.39, 0.29) is 10.8 Å². The zero-order chi connectivity index (χ0) is 50.9. The van der Waals surface area contributed by atoms with Crippen molar-refractivity contribution in [2.24, 2.45) is 0 Å². The van der Waals surface area contributed by atoms with E-state index in [1.807, 2.05) is 24.4 Å². The van der Waals surface area contributed by atoms with Gasteiger partial charge in [0.05, 0.1) is 17.1 Å². The van der Waals surface area contributed by atoms with Gasteiger partial charge in [-0.3, -0.25) is 4.98 Å². The summed E-state index contributed by atoms with van der Waals surface area (Å²) >= 11 is 0. The van der Waals surface area contributed by atoms with E-state index >= 15 is 0 Å². The predicted molar refractivity (Wildman–Crippen MR) is 314 cm³/mol. The van der Waals surface area contributed by atoms with Gasteiger partial charge in [-0.1, -0.05) is 193 Å². The third kappa shape index (κ3) is 7.81. The van der Waals surface area contributed by atoms with Crippen molar-refractivity contribution in [3.8, 4) is 78.1 Å². The SMILES string of the molecule is C=C/C=C\c1nc(-c2ccc(-c3cc(/C(C)=c4\cc(-c5ccc6c(c5)-c5ccccc5C6(C)C)cc\c4=C\C=C)cc(-c4nccc5ccc(-c6ccc7c(c6)C(C)(C)c6ccccc6-7)cc45)c3)cc2)ccc1C. The van der Waals surface area contributed by atoms with Crippen LogP contribution in [0.3, 0.4) is 0 Å². The van der Waals surface area contributed by atoms with E-state index < -0.39 is 0 Å². The highest BCUT2D eigenvalue weighted by Gasteiger charge is 2.36. The molecule has 0 saturated carbocycles. The summed E-state index contributed by atoms with van der Waals surface area (Å²) in [5.41, 5.74) is 25.9. The van der Waals surface area contributed by atoms with Crippen LogP contribution >= 0.6 is 0 Å². The monoisotopic (exact) mass is 950 g/mol. The molecule has 8 aromatic carbocycles. The minimum Gasteiger partial charge on any atom is -0.256 e. The summed E-state index contributed by atoms with van der Waals surface area (Å²) in [4.78, 5) is 10.3. The molecule has 2 aliphatic rings. The largest absolute Gasteiger partial charge is 0.256 e. The first-order valence-corrected chi connectivity index (χ1v) is 25.8. The number of allylic oxidation sites excluding steroid dienone is 3. The van der Waals surface area contributed by atoms with E-state index in [0.29, 0.717) is 0 Å². The maximum atomic E-state index is 5.23. The van der Waals surface area contributed by atoms with E-state index in [1.165, 1.54) is 72.3 Å². The second-order valence-electron chi connectivity index (χ2n) is 21.2. The first-order valence-electron chi connectivity index (χ1n) is 25.8. The molecule has 0 fully saturated rings. The smallest absolute Gasteiger partial charge is 0.0780 e. The number of rotatable bonds is 9. The van der Waals surface area contributed by atoms with Gasteiger partial charge >= 0.3 is 0 Å². The van der Waals surface area contributed by atoms with E-state index in [4.69, 9.17) is 9.97 Å². The van der Waals surface area contributed by atoms with Crippen molar-refractivity contribution in [3.63, 3.8) is 0 Å². The predicted octanol–water partition coefficient (Wildman–Crippen LogP) is 17.3. The van der Waals surface area contributed by atoms with Crippen molar-refractivity contribution in [3.05, 3.63) is 269 Å². The lowest BCUT2D eigenvalue weighted by Crippen LogP contribution is -2.26. The standard InChI is InChI=1S/C72H58N2/c1-9-11-21-68-45(3)22-35-69(74-68)50-27-23-47(24-28-50)56-38-55(46(4)61-41-51(29-25-48(61)16-10-2)53-32-34-66-63(43-53)59-18-13-15-20-65(59)71(66,5)6)39-57(40-56)70-62-42-52(30-26-49(62)36-37-73-70)54-31-33-60-58-17-12-14-19-64(58)72(7,8)67(60)44-54/h9-44H,1-2H2,3-8H3/b21-11-,48-16-,61-46+. The topological polar surface area (TPSA) is 25.8 Å². The minimum atomic E-state index is -0.0927. The Bertz CT molecular complexity index is 4120. The Morgan fingerprint density at radius 2 is 1.09 bits per heavy atom. The normalized spacial score (nSPS) is 14.4. The van der Waals surface area contributed by atoms with Crippen LogP contribution in [0.5, 0.6) is 0 Å². The van der Waals surface area contributed by atoms with Crippen LogP contribution in [0.2, 0.25) is 0 Å². The molecule has 0 saturated heterocycles. The number of hydrogen-bond acceptors (Lipinski definition) is 2. The zero-order valence-corrected chi connectivity index (χ0v) is 43.1. The fraction of sp³-hybridized carbons (Fsp3) is 0.111. The Morgan fingerprint density at radius 1 is 0.486 bits per heavy atom. The lowest BCUT2D eigenvalue weighted by Gasteiger charge is -2.22. The van der Waals surface area contributed by atoms with Gasteiger partial charge in [0.1, 0.15) is 0 Å². The van der Waals surface area contributed by atoms with Gasteiger partial charge in [0.15, 0.2) is 0 Å². The van der Waals surface area contributed by atoms with Gasteiger partial charge in [-0.05, 0) is 185 Å². The quantitative estimate of drug-likeness (QED) is 0.135. The Hall–Kier alpha value is -8.72. The Kier molecular flexibility index (Phi) is 11.3. The second kappa shape index (κ2) is 18.1. The lowest BCUT2D eigenvalue weighted by molar-refractivity contribution is 0.660. The number of aromatic nitrogens is 2. The fourth-order valence-corrected chi connectivity index (χ4v) is 11.9. The van der Waals surface area contributed by atoms with Gasteiger partial charge in [0, 0.05) is 33.5 Å². The van der Waals surface area contributed by atoms with Crippen molar-refractivity contribution in [1.82, 2.24) is 9.97 Å². The van der Waals surface area contributed by atoms with Gasteiger partial charge < -0.3 is 0 Å². The summed E-state index contributed by atoms with van der Waals surface area (Å²) < 4.78 is 0. The molecule has 0 bridgehead atoms. The summed E-state index contributed by atoms with van der Waals surface area (Å²) in [6.45, 7) is 21.7. The van der Waals surface area contributed by atoms with Gasteiger partial charge in [-0.15, -0.1) is 0 Å². The fourth-order valence-electron chi connectivity index (χ4n) is 11.9. The number of fused-ring (bicyclic) bond motifs is 7. The van der Waals surface area contributed by atoms with Crippen molar-refractivity contribution in [2.75, 3.05) is 0 Å². The molecule has 2 aliphatic carbocycles. The lowest BCUT2D eigenvalue weighted by atomic mass is 9.81. The number of aryl methyl sites for hydroxylation is 1. The van der Waals surface area contributed by atoms with E-state index in [0.717, 1.165) is 71.7 Å². The summed E-state index contributed by atoms with van der Waals surface area (Å²) in [6, 6.07) is 67.7. The summed E-state index contributed by atoms with van der Waals surface area (Å²) in [6.07, 6.45) is 11.7. The average molecular weight is 951 g/mol. The third-order valence-corrected chi connectivity index (χ3v) is 16.0. The molecule has 0 radical (unpaired) electrons. The van der Waals surface area contributed by atoms with Crippen molar-refractivity contribution < 1.29 is 0 Å². The number of nitrogens with zero attached hydrogens (tertiary/aromatic N) is 2. The Balaban J connectivity index is 1.02. The van der Waals surface area contributed by atoms with Crippen LogP contribution in [-0.2, 0) is 10.8 Å². The molecule has 10 aromatic rings. The van der Waals surface area contributed by atoms with Crippen molar-refractivity contribution >= 4 is 28.5 Å².